The number of carbonyl (C=O) groups is 3. The summed E-state index contributed by atoms with van der Waals surface area (Å²) in [5, 5.41) is 18.1. The molecule has 0 spiro atoms. The summed E-state index contributed by atoms with van der Waals surface area (Å²) < 4.78 is 0. The fourth-order valence-electron chi connectivity index (χ4n) is 5.39. The van der Waals surface area contributed by atoms with Crippen LogP contribution in [0.2, 0.25) is 5.02 Å². The van der Waals surface area contributed by atoms with Gasteiger partial charge in [0.2, 0.25) is 17.7 Å². The third-order valence-corrected chi connectivity index (χ3v) is 7.78. The second kappa shape index (κ2) is 10.2. The van der Waals surface area contributed by atoms with Crippen molar-refractivity contribution in [1.29, 1.82) is 0 Å². The van der Waals surface area contributed by atoms with Gasteiger partial charge in [0, 0.05) is 42.4 Å². The molecular formula is C26H38ClN3O4. The van der Waals surface area contributed by atoms with Gasteiger partial charge in [-0.2, -0.15) is 0 Å². The van der Waals surface area contributed by atoms with Gasteiger partial charge in [0.05, 0.1) is 5.60 Å². The van der Waals surface area contributed by atoms with E-state index >= 15 is 0 Å². The lowest BCUT2D eigenvalue weighted by atomic mass is 9.66. The molecule has 1 aliphatic carbocycles. The maximum atomic E-state index is 13.5. The molecule has 1 saturated carbocycles. The molecule has 0 radical (unpaired) electrons. The van der Waals surface area contributed by atoms with Crippen LogP contribution in [0.15, 0.2) is 24.3 Å². The summed E-state index contributed by atoms with van der Waals surface area (Å²) in [4.78, 5) is 39.6. The minimum Gasteiger partial charge on any atom is -0.384 e. The van der Waals surface area contributed by atoms with Crippen LogP contribution in [-0.4, -0.2) is 52.9 Å². The van der Waals surface area contributed by atoms with Gasteiger partial charge in [-0.05, 0) is 49.3 Å². The minimum absolute atomic E-state index is 0.00916. The Hall–Kier alpha value is -2.12. The number of benzene rings is 1. The molecule has 0 aromatic heterocycles. The molecule has 3 N–H and O–H groups in total. The Morgan fingerprint density at radius 2 is 1.79 bits per heavy atom. The van der Waals surface area contributed by atoms with Crippen LogP contribution in [0.4, 0.5) is 0 Å². The van der Waals surface area contributed by atoms with E-state index in [1.165, 1.54) is 6.92 Å². The lowest BCUT2D eigenvalue weighted by molar-refractivity contribution is -0.157. The van der Waals surface area contributed by atoms with E-state index in [0.717, 1.165) is 12.0 Å². The van der Waals surface area contributed by atoms with Crippen molar-refractivity contribution in [3.8, 4) is 0 Å². The first kappa shape index (κ1) is 26.5. The van der Waals surface area contributed by atoms with Crippen molar-refractivity contribution in [2.45, 2.75) is 78.0 Å². The highest BCUT2D eigenvalue weighted by Crippen LogP contribution is 2.46. The van der Waals surface area contributed by atoms with E-state index in [1.807, 2.05) is 39.8 Å². The number of likely N-dealkylation sites (tertiary alicyclic amines) is 1. The molecule has 3 rings (SSSR count). The van der Waals surface area contributed by atoms with Crippen molar-refractivity contribution in [3.63, 3.8) is 0 Å². The Balaban J connectivity index is 1.68. The summed E-state index contributed by atoms with van der Waals surface area (Å²) in [6.45, 7) is 10.0. The predicted octanol–water partition coefficient (Wildman–Crippen LogP) is 3.23. The van der Waals surface area contributed by atoms with Crippen LogP contribution in [0.25, 0.3) is 0 Å². The first-order valence-corrected chi connectivity index (χ1v) is 12.6. The van der Waals surface area contributed by atoms with E-state index in [4.69, 9.17) is 11.6 Å². The lowest BCUT2D eigenvalue weighted by Gasteiger charge is -2.51. The molecular weight excluding hydrogens is 454 g/mol. The Bertz CT molecular complexity index is 917. The summed E-state index contributed by atoms with van der Waals surface area (Å²) in [5.41, 5.74) is -0.900. The largest absolute Gasteiger partial charge is 0.384 e. The van der Waals surface area contributed by atoms with E-state index in [9.17, 15) is 19.5 Å². The van der Waals surface area contributed by atoms with Gasteiger partial charge in [-0.15, -0.1) is 0 Å². The van der Waals surface area contributed by atoms with Gasteiger partial charge in [0.15, 0.2) is 0 Å². The average molecular weight is 492 g/mol. The van der Waals surface area contributed by atoms with Gasteiger partial charge in [-0.3, -0.25) is 14.4 Å². The van der Waals surface area contributed by atoms with Gasteiger partial charge in [0.25, 0.3) is 0 Å². The molecule has 34 heavy (non-hydrogen) atoms. The molecule has 0 bridgehead atoms. The van der Waals surface area contributed by atoms with Crippen LogP contribution in [0.5, 0.6) is 0 Å². The molecule has 188 valence electrons. The number of nitrogens with zero attached hydrogens (tertiary/aromatic N) is 1. The third kappa shape index (κ3) is 5.57. The number of hydrogen-bond acceptors (Lipinski definition) is 4. The van der Waals surface area contributed by atoms with E-state index in [0.29, 0.717) is 37.4 Å². The summed E-state index contributed by atoms with van der Waals surface area (Å²) >= 11 is 6.03. The SMILES string of the molecule is CC(=O)N[C@H]1CC[C@@H](C(=O)N[C@@H](C(=O)N2CC[C@](O)(c3ccc(Cl)cc3)C(C)(C)C2)C(C)C)C1. The van der Waals surface area contributed by atoms with E-state index in [1.54, 1.807) is 17.0 Å². The minimum atomic E-state index is -1.09. The van der Waals surface area contributed by atoms with Gasteiger partial charge in [-0.1, -0.05) is 51.4 Å². The molecule has 3 amide bonds. The molecule has 8 heteroatoms. The number of piperidine rings is 1. The highest BCUT2D eigenvalue weighted by Gasteiger charge is 2.50. The fraction of sp³-hybridized carbons (Fsp3) is 0.654. The van der Waals surface area contributed by atoms with E-state index in [-0.39, 0.29) is 35.6 Å². The Labute approximate surface area is 207 Å². The highest BCUT2D eigenvalue weighted by atomic mass is 35.5. The maximum Gasteiger partial charge on any atom is 0.245 e. The summed E-state index contributed by atoms with van der Waals surface area (Å²) in [7, 11) is 0. The Morgan fingerprint density at radius 3 is 2.35 bits per heavy atom. The molecule has 1 saturated heterocycles. The van der Waals surface area contributed by atoms with Crippen LogP contribution in [0.3, 0.4) is 0 Å². The van der Waals surface area contributed by atoms with Crippen LogP contribution in [-0.2, 0) is 20.0 Å². The number of amides is 3. The number of rotatable bonds is 6. The zero-order valence-electron chi connectivity index (χ0n) is 20.9. The lowest BCUT2D eigenvalue weighted by Crippen LogP contribution is -2.60. The van der Waals surface area contributed by atoms with Crippen molar-refractivity contribution in [3.05, 3.63) is 34.9 Å². The van der Waals surface area contributed by atoms with Gasteiger partial charge in [-0.25, -0.2) is 0 Å². The number of nitrogens with one attached hydrogen (secondary N) is 2. The van der Waals surface area contributed by atoms with Gasteiger partial charge >= 0.3 is 0 Å². The number of carbonyl (C=O) groups excluding carboxylic acids is 3. The van der Waals surface area contributed by atoms with E-state index < -0.39 is 17.1 Å². The average Bonchev–Trinajstić information content (AvgIpc) is 3.21. The first-order valence-electron chi connectivity index (χ1n) is 12.2. The quantitative estimate of drug-likeness (QED) is 0.569. The number of aliphatic hydroxyl groups is 1. The van der Waals surface area contributed by atoms with Crippen molar-refractivity contribution in [2.75, 3.05) is 13.1 Å². The fourth-order valence-corrected chi connectivity index (χ4v) is 5.52. The molecule has 7 nitrogen and oxygen atoms in total. The third-order valence-electron chi connectivity index (χ3n) is 7.52. The number of halogens is 1. The van der Waals surface area contributed by atoms with Crippen molar-refractivity contribution in [1.82, 2.24) is 15.5 Å². The topological polar surface area (TPSA) is 98.7 Å². The number of hydrogen-bond donors (Lipinski definition) is 3. The zero-order valence-corrected chi connectivity index (χ0v) is 21.6. The smallest absolute Gasteiger partial charge is 0.245 e. The normalized spacial score (nSPS) is 27.4. The molecule has 1 aliphatic heterocycles. The predicted molar refractivity (Wildman–Crippen MR) is 132 cm³/mol. The Kier molecular flexibility index (Phi) is 7.98. The molecule has 1 aromatic rings. The molecule has 0 unspecified atom stereocenters. The summed E-state index contributed by atoms with van der Waals surface area (Å²) in [5.74, 6) is -0.629. The second-order valence-electron chi connectivity index (χ2n) is 10.9. The van der Waals surface area contributed by atoms with Crippen LogP contribution < -0.4 is 10.6 Å². The van der Waals surface area contributed by atoms with Gasteiger partial charge < -0.3 is 20.6 Å². The summed E-state index contributed by atoms with van der Waals surface area (Å²) in [6.07, 6.45) is 2.45. The van der Waals surface area contributed by atoms with Crippen LogP contribution >= 0.6 is 11.6 Å². The van der Waals surface area contributed by atoms with Crippen LogP contribution in [0.1, 0.15) is 65.9 Å². The molecule has 1 heterocycles. The second-order valence-corrected chi connectivity index (χ2v) is 11.3. The summed E-state index contributed by atoms with van der Waals surface area (Å²) in [6, 6.07) is 6.60. The highest BCUT2D eigenvalue weighted by molar-refractivity contribution is 6.30. The molecule has 2 fully saturated rings. The maximum absolute atomic E-state index is 13.5. The molecule has 1 aromatic carbocycles. The van der Waals surface area contributed by atoms with Crippen molar-refractivity contribution < 1.29 is 19.5 Å². The first-order chi connectivity index (χ1) is 15.8. The van der Waals surface area contributed by atoms with Crippen LogP contribution in [0, 0.1) is 17.3 Å². The van der Waals surface area contributed by atoms with Crippen molar-refractivity contribution >= 4 is 29.3 Å². The Morgan fingerprint density at radius 1 is 1.15 bits per heavy atom. The molecule has 2 aliphatic rings. The monoisotopic (exact) mass is 491 g/mol. The molecule has 4 atom stereocenters. The van der Waals surface area contributed by atoms with Gasteiger partial charge in [0.1, 0.15) is 6.04 Å². The van der Waals surface area contributed by atoms with Crippen molar-refractivity contribution in [2.24, 2.45) is 17.3 Å². The van der Waals surface area contributed by atoms with E-state index in [2.05, 4.69) is 10.6 Å². The standard InChI is InChI=1S/C26H38ClN3O4/c1-16(2)22(29-23(32)18-6-11-21(14-18)28-17(3)31)24(33)30-13-12-26(34,25(4,5)15-30)19-7-9-20(27)10-8-19/h7-10,16,18,21-22,34H,6,11-15H2,1-5H3,(H,28,31)(H,29,32)/t18-,21+,22-,26+/m1/s1. The zero-order chi connectivity index (χ0) is 25.3.